The second kappa shape index (κ2) is 6.70. The quantitative estimate of drug-likeness (QED) is 0.755. The third-order valence-electron chi connectivity index (χ3n) is 4.27. The Morgan fingerprint density at radius 2 is 2.08 bits per heavy atom. The number of anilines is 1. The number of halogens is 1. The molecule has 0 amide bonds. The van der Waals surface area contributed by atoms with Crippen molar-refractivity contribution >= 4 is 22.7 Å². The summed E-state index contributed by atoms with van der Waals surface area (Å²) in [6, 6.07) is 3.18. The molecule has 0 bridgehead atoms. The van der Waals surface area contributed by atoms with Gasteiger partial charge in [-0.25, -0.2) is 18.9 Å². The zero-order chi connectivity index (χ0) is 19.0. The second-order valence-corrected chi connectivity index (χ2v) is 6.39. The fraction of sp³-hybridized carbons (Fsp3) is 0.333. The molecule has 7 nitrogen and oxygen atoms in total. The predicted octanol–water partition coefficient (Wildman–Crippen LogP) is 3.23. The maximum Gasteiger partial charge on any atom is 0.338 e. The lowest BCUT2D eigenvalue weighted by Gasteiger charge is -2.19. The van der Waals surface area contributed by atoms with E-state index in [1.807, 2.05) is 32.7 Å². The summed E-state index contributed by atoms with van der Waals surface area (Å²) in [5, 5.41) is 13.8. The zero-order valence-electron chi connectivity index (χ0n) is 15.1. The zero-order valence-corrected chi connectivity index (χ0v) is 15.1. The average molecular weight is 357 g/mol. The summed E-state index contributed by atoms with van der Waals surface area (Å²) >= 11 is 0. The van der Waals surface area contributed by atoms with Gasteiger partial charge in [-0.15, -0.1) is 0 Å². The number of rotatable bonds is 5. The fourth-order valence-corrected chi connectivity index (χ4v) is 2.67. The number of aromatic carboxylic acids is 1. The minimum atomic E-state index is -1.09. The number of carboxylic acids is 1. The molecule has 2 heterocycles. The van der Waals surface area contributed by atoms with Gasteiger partial charge < -0.3 is 10.0 Å². The highest BCUT2D eigenvalue weighted by Gasteiger charge is 2.17. The summed E-state index contributed by atoms with van der Waals surface area (Å²) in [6.07, 6.45) is 2.56. The van der Waals surface area contributed by atoms with Crippen molar-refractivity contribution < 1.29 is 14.3 Å². The van der Waals surface area contributed by atoms with E-state index in [1.54, 1.807) is 6.07 Å². The molecule has 0 aliphatic rings. The van der Waals surface area contributed by atoms with Crippen LogP contribution in [0.1, 0.15) is 42.6 Å². The van der Waals surface area contributed by atoms with Gasteiger partial charge in [0.25, 0.3) is 5.95 Å². The largest absolute Gasteiger partial charge is 0.478 e. The van der Waals surface area contributed by atoms with E-state index in [0.717, 1.165) is 5.39 Å². The van der Waals surface area contributed by atoms with Crippen LogP contribution in [0.15, 0.2) is 24.5 Å². The topological polar surface area (TPSA) is 84.1 Å². The first-order chi connectivity index (χ1) is 12.3. The molecule has 1 N–H and O–H groups in total. The van der Waals surface area contributed by atoms with Crippen molar-refractivity contribution in [2.24, 2.45) is 0 Å². The molecule has 3 rings (SSSR count). The molecule has 0 radical (unpaired) electrons. The van der Waals surface area contributed by atoms with E-state index in [9.17, 15) is 9.18 Å². The first-order valence-electron chi connectivity index (χ1n) is 8.32. The normalized spacial score (nSPS) is 11.3. The molecular formula is C18H20FN5O2. The van der Waals surface area contributed by atoms with E-state index in [4.69, 9.17) is 5.11 Å². The van der Waals surface area contributed by atoms with Crippen LogP contribution in [-0.2, 0) is 0 Å². The Kier molecular flexibility index (Phi) is 4.58. The van der Waals surface area contributed by atoms with Crippen molar-refractivity contribution in [3.8, 4) is 5.95 Å². The van der Waals surface area contributed by atoms with Crippen LogP contribution < -0.4 is 4.90 Å². The lowest BCUT2D eigenvalue weighted by Crippen LogP contribution is -2.19. The van der Waals surface area contributed by atoms with E-state index in [-0.39, 0.29) is 23.2 Å². The monoisotopic (exact) mass is 357 g/mol. The van der Waals surface area contributed by atoms with E-state index in [1.165, 1.54) is 23.1 Å². The molecule has 136 valence electrons. The van der Waals surface area contributed by atoms with Crippen molar-refractivity contribution in [3.05, 3.63) is 41.5 Å². The predicted molar refractivity (Wildman–Crippen MR) is 96.6 cm³/mol. The van der Waals surface area contributed by atoms with Crippen LogP contribution in [-0.4, -0.2) is 44.4 Å². The van der Waals surface area contributed by atoms with Crippen molar-refractivity contribution in [1.29, 1.82) is 0 Å². The second-order valence-electron chi connectivity index (χ2n) is 6.39. The fourth-order valence-electron chi connectivity index (χ4n) is 2.67. The van der Waals surface area contributed by atoms with Crippen LogP contribution in [0.4, 0.5) is 10.2 Å². The number of fused-ring (bicyclic) bond motifs is 1. The number of aromatic nitrogens is 4. The standard InChI is InChI=1S/C18H20FN5O2/c1-5-23(4)16-13-6-12(10(2)3)14(19)7-15(13)21-18(22-16)24-9-11(8-20-24)17(25)26/h6-10H,5H2,1-4H3,(H,25,26). The molecule has 2 aromatic heterocycles. The van der Waals surface area contributed by atoms with E-state index in [2.05, 4.69) is 15.1 Å². The minimum Gasteiger partial charge on any atom is -0.478 e. The summed E-state index contributed by atoms with van der Waals surface area (Å²) in [6.45, 7) is 6.54. The van der Waals surface area contributed by atoms with Crippen LogP contribution in [0, 0.1) is 5.82 Å². The summed E-state index contributed by atoms with van der Waals surface area (Å²) < 4.78 is 15.7. The van der Waals surface area contributed by atoms with Gasteiger partial charge in [0, 0.05) is 31.2 Å². The van der Waals surface area contributed by atoms with Crippen LogP contribution in [0.3, 0.4) is 0 Å². The third kappa shape index (κ3) is 3.10. The van der Waals surface area contributed by atoms with Gasteiger partial charge in [0.1, 0.15) is 11.6 Å². The van der Waals surface area contributed by atoms with Crippen molar-refractivity contribution in [2.45, 2.75) is 26.7 Å². The number of benzene rings is 1. The highest BCUT2D eigenvalue weighted by atomic mass is 19.1. The van der Waals surface area contributed by atoms with Gasteiger partial charge in [0.2, 0.25) is 0 Å². The Balaban J connectivity index is 2.26. The first-order valence-corrected chi connectivity index (χ1v) is 8.32. The van der Waals surface area contributed by atoms with Gasteiger partial charge in [-0.2, -0.15) is 10.1 Å². The molecule has 0 fully saturated rings. The average Bonchev–Trinajstić information content (AvgIpc) is 3.09. The van der Waals surface area contributed by atoms with E-state index in [0.29, 0.717) is 23.4 Å². The molecule has 26 heavy (non-hydrogen) atoms. The van der Waals surface area contributed by atoms with Crippen LogP contribution in [0.5, 0.6) is 0 Å². The maximum atomic E-state index is 14.5. The third-order valence-corrected chi connectivity index (χ3v) is 4.27. The summed E-state index contributed by atoms with van der Waals surface area (Å²) in [5.74, 6) is -0.550. The van der Waals surface area contributed by atoms with Crippen molar-refractivity contribution in [3.63, 3.8) is 0 Å². The maximum absolute atomic E-state index is 14.5. The van der Waals surface area contributed by atoms with E-state index < -0.39 is 5.97 Å². The Morgan fingerprint density at radius 3 is 2.65 bits per heavy atom. The summed E-state index contributed by atoms with van der Waals surface area (Å²) in [7, 11) is 1.88. The van der Waals surface area contributed by atoms with Crippen LogP contribution in [0.2, 0.25) is 0 Å². The minimum absolute atomic E-state index is 0.0282. The number of nitrogens with zero attached hydrogens (tertiary/aromatic N) is 5. The highest BCUT2D eigenvalue weighted by Crippen LogP contribution is 2.30. The molecule has 1 aromatic carbocycles. The number of carbonyl (C=O) groups is 1. The Hall–Kier alpha value is -3.03. The molecule has 0 aliphatic heterocycles. The molecule has 0 atom stereocenters. The highest BCUT2D eigenvalue weighted by molar-refractivity contribution is 5.91. The number of hydrogen-bond donors (Lipinski definition) is 1. The van der Waals surface area contributed by atoms with Crippen LogP contribution in [0.25, 0.3) is 16.9 Å². The van der Waals surface area contributed by atoms with Gasteiger partial charge in [-0.3, -0.25) is 0 Å². The van der Waals surface area contributed by atoms with Crippen molar-refractivity contribution in [2.75, 3.05) is 18.5 Å². The molecule has 0 unspecified atom stereocenters. The molecule has 0 saturated carbocycles. The molecular weight excluding hydrogens is 337 g/mol. The molecule has 0 aliphatic carbocycles. The molecule has 0 spiro atoms. The van der Waals surface area contributed by atoms with Gasteiger partial charge in [0.15, 0.2) is 0 Å². The molecule has 3 aromatic rings. The van der Waals surface area contributed by atoms with Gasteiger partial charge >= 0.3 is 5.97 Å². The Morgan fingerprint density at radius 1 is 1.35 bits per heavy atom. The number of carboxylic acid groups (broad SMARTS) is 1. The van der Waals surface area contributed by atoms with E-state index >= 15 is 0 Å². The smallest absolute Gasteiger partial charge is 0.338 e. The summed E-state index contributed by atoms with van der Waals surface area (Å²) in [5.41, 5.74) is 1.08. The Bertz CT molecular complexity index is 983. The number of hydrogen-bond acceptors (Lipinski definition) is 5. The van der Waals surface area contributed by atoms with Crippen molar-refractivity contribution in [1.82, 2.24) is 19.7 Å². The SMILES string of the molecule is CCN(C)c1nc(-n2cc(C(=O)O)cn2)nc2cc(F)c(C(C)C)cc12. The Labute approximate surface area is 150 Å². The van der Waals surface area contributed by atoms with Crippen LogP contribution >= 0.6 is 0 Å². The lowest BCUT2D eigenvalue weighted by atomic mass is 10.0. The molecule has 0 saturated heterocycles. The summed E-state index contributed by atoms with van der Waals surface area (Å²) in [4.78, 5) is 21.9. The van der Waals surface area contributed by atoms with Gasteiger partial charge in [-0.05, 0) is 24.5 Å². The lowest BCUT2D eigenvalue weighted by molar-refractivity contribution is 0.0697. The van der Waals surface area contributed by atoms with Gasteiger partial charge in [0.05, 0.1) is 17.3 Å². The molecule has 8 heteroatoms. The van der Waals surface area contributed by atoms with Gasteiger partial charge in [-0.1, -0.05) is 13.8 Å². The first kappa shape index (κ1) is 17.8.